The maximum atomic E-state index is 13.2. The van der Waals surface area contributed by atoms with E-state index < -0.39 is 18.3 Å². The van der Waals surface area contributed by atoms with E-state index in [9.17, 15) is 9.59 Å². The Morgan fingerprint density at radius 3 is 2.74 bits per heavy atom. The zero-order valence-corrected chi connectivity index (χ0v) is 16.0. The van der Waals surface area contributed by atoms with Crippen LogP contribution in [0.4, 0.5) is 5.95 Å². The third-order valence-electron chi connectivity index (χ3n) is 4.96. The normalized spacial score (nSPS) is 25.0. The summed E-state index contributed by atoms with van der Waals surface area (Å²) in [4.78, 5) is 33.3. The average Bonchev–Trinajstić information content (AvgIpc) is 3.03. The van der Waals surface area contributed by atoms with E-state index in [1.54, 1.807) is 13.0 Å². The summed E-state index contributed by atoms with van der Waals surface area (Å²) in [5.74, 6) is -0.439. The summed E-state index contributed by atoms with van der Waals surface area (Å²) in [5.41, 5.74) is 7.00. The Morgan fingerprint density at radius 1 is 1.44 bits per heavy atom. The molecule has 0 saturated carbocycles. The Kier molecular flexibility index (Phi) is 5.05. The largest absolute Gasteiger partial charge is 0.457 e. The van der Waals surface area contributed by atoms with Gasteiger partial charge in [0.15, 0.2) is 18.0 Å². The summed E-state index contributed by atoms with van der Waals surface area (Å²) in [6.45, 7) is 11.0. The van der Waals surface area contributed by atoms with E-state index in [-0.39, 0.29) is 30.2 Å². The molecule has 0 bridgehead atoms. The van der Waals surface area contributed by atoms with Crippen LogP contribution >= 0.6 is 0 Å². The van der Waals surface area contributed by atoms with Crippen molar-refractivity contribution in [1.29, 1.82) is 0 Å². The second-order valence-corrected chi connectivity index (χ2v) is 6.80. The van der Waals surface area contributed by atoms with Crippen LogP contribution in [0.2, 0.25) is 0 Å². The molecule has 1 saturated heterocycles. The Bertz CT molecular complexity index is 947. The van der Waals surface area contributed by atoms with Gasteiger partial charge in [-0.15, -0.1) is 6.58 Å². The fourth-order valence-electron chi connectivity index (χ4n) is 3.79. The summed E-state index contributed by atoms with van der Waals surface area (Å²) < 4.78 is 14.6. The van der Waals surface area contributed by atoms with Crippen LogP contribution in [0.1, 0.15) is 39.1 Å². The molecule has 3 rings (SSSR count). The first-order valence-corrected chi connectivity index (χ1v) is 8.98. The van der Waals surface area contributed by atoms with Crippen molar-refractivity contribution in [2.45, 2.75) is 59.1 Å². The molecular weight excluding hydrogens is 350 g/mol. The molecule has 0 radical (unpaired) electrons. The monoisotopic (exact) mass is 375 g/mol. The molecular formula is C18H25N5O4. The minimum Gasteiger partial charge on any atom is -0.457 e. The number of esters is 1. The standard InChI is InChI=1S/C18H25N5O4/c1-6-8-22-13-10(4)20-17(19)21-15(13)23(18(22)25)16-14(26-11(5)24)9(3)12(7-2)27-16/h6,9,12,14,16H,1,7-8H2,2-5H3,(H2,19,20,21)/t9-,12-,14-,16-/m1/s1. The number of carbonyl (C=O) groups is 1. The van der Waals surface area contributed by atoms with E-state index in [0.29, 0.717) is 16.9 Å². The molecule has 3 heterocycles. The van der Waals surface area contributed by atoms with E-state index in [2.05, 4.69) is 16.5 Å². The number of hydrogen-bond acceptors (Lipinski definition) is 7. The fourth-order valence-corrected chi connectivity index (χ4v) is 3.79. The summed E-state index contributed by atoms with van der Waals surface area (Å²) in [5, 5.41) is 0. The number of imidazole rings is 1. The van der Waals surface area contributed by atoms with Gasteiger partial charge in [0.2, 0.25) is 5.95 Å². The van der Waals surface area contributed by atoms with Gasteiger partial charge in [-0.1, -0.05) is 19.9 Å². The van der Waals surface area contributed by atoms with Crippen LogP contribution < -0.4 is 11.4 Å². The van der Waals surface area contributed by atoms with E-state index in [1.807, 2.05) is 13.8 Å². The summed E-state index contributed by atoms with van der Waals surface area (Å²) >= 11 is 0. The lowest BCUT2D eigenvalue weighted by molar-refractivity contribution is -0.153. The van der Waals surface area contributed by atoms with Crippen LogP contribution in [0.3, 0.4) is 0 Å². The predicted molar refractivity (Wildman–Crippen MR) is 100 cm³/mol. The number of carbonyl (C=O) groups excluding carboxylic acids is 1. The fraction of sp³-hybridized carbons (Fsp3) is 0.556. The lowest BCUT2D eigenvalue weighted by Crippen LogP contribution is -2.35. The highest BCUT2D eigenvalue weighted by Crippen LogP contribution is 2.38. The van der Waals surface area contributed by atoms with Gasteiger partial charge in [-0.2, -0.15) is 4.98 Å². The number of hydrogen-bond donors (Lipinski definition) is 1. The zero-order chi connectivity index (χ0) is 19.9. The number of rotatable bonds is 5. The predicted octanol–water partition coefficient (Wildman–Crippen LogP) is 1.54. The van der Waals surface area contributed by atoms with Gasteiger partial charge in [-0.25, -0.2) is 14.3 Å². The molecule has 9 heteroatoms. The van der Waals surface area contributed by atoms with Gasteiger partial charge in [-0.05, 0) is 13.3 Å². The molecule has 1 aliphatic rings. The first-order valence-electron chi connectivity index (χ1n) is 8.98. The Morgan fingerprint density at radius 2 is 2.15 bits per heavy atom. The van der Waals surface area contributed by atoms with E-state index in [0.717, 1.165) is 6.42 Å². The minimum absolute atomic E-state index is 0.0617. The first-order chi connectivity index (χ1) is 12.8. The quantitative estimate of drug-likeness (QED) is 0.623. The van der Waals surface area contributed by atoms with Crippen molar-refractivity contribution in [1.82, 2.24) is 19.1 Å². The number of aromatic nitrogens is 4. The molecule has 4 atom stereocenters. The Labute approximate surface area is 156 Å². The van der Waals surface area contributed by atoms with Crippen molar-refractivity contribution in [3.63, 3.8) is 0 Å². The molecule has 1 fully saturated rings. The maximum Gasteiger partial charge on any atom is 0.332 e. The van der Waals surface area contributed by atoms with Crippen LogP contribution in [0, 0.1) is 12.8 Å². The van der Waals surface area contributed by atoms with Gasteiger partial charge >= 0.3 is 11.7 Å². The number of aryl methyl sites for hydroxylation is 1. The summed E-state index contributed by atoms with van der Waals surface area (Å²) in [6, 6.07) is 0. The molecule has 0 unspecified atom stereocenters. The number of ether oxygens (including phenoxy) is 2. The molecule has 2 aromatic rings. The van der Waals surface area contributed by atoms with Crippen LogP contribution in [0.5, 0.6) is 0 Å². The molecule has 2 N–H and O–H groups in total. The van der Waals surface area contributed by atoms with Gasteiger partial charge < -0.3 is 15.2 Å². The van der Waals surface area contributed by atoms with E-state index in [4.69, 9.17) is 15.2 Å². The van der Waals surface area contributed by atoms with Gasteiger partial charge in [0, 0.05) is 19.4 Å². The van der Waals surface area contributed by atoms with Crippen molar-refractivity contribution in [2.75, 3.05) is 5.73 Å². The van der Waals surface area contributed by atoms with Gasteiger partial charge in [0.05, 0.1) is 11.8 Å². The topological polar surface area (TPSA) is 114 Å². The van der Waals surface area contributed by atoms with Crippen molar-refractivity contribution in [3.05, 3.63) is 28.8 Å². The van der Waals surface area contributed by atoms with Crippen molar-refractivity contribution in [3.8, 4) is 0 Å². The number of allylic oxidation sites excluding steroid dienone is 1. The van der Waals surface area contributed by atoms with Crippen LogP contribution in [-0.4, -0.2) is 37.3 Å². The highest BCUT2D eigenvalue weighted by atomic mass is 16.6. The number of nitrogens with two attached hydrogens (primary N) is 1. The van der Waals surface area contributed by atoms with E-state index >= 15 is 0 Å². The average molecular weight is 375 g/mol. The Hall–Kier alpha value is -2.68. The number of nitrogen functional groups attached to an aromatic ring is 1. The molecule has 146 valence electrons. The third-order valence-corrected chi connectivity index (χ3v) is 4.96. The maximum absolute atomic E-state index is 13.2. The summed E-state index contributed by atoms with van der Waals surface area (Å²) in [6.07, 6.45) is 0.806. The second kappa shape index (κ2) is 7.15. The smallest absolute Gasteiger partial charge is 0.332 e. The molecule has 0 aliphatic carbocycles. The van der Waals surface area contributed by atoms with Crippen molar-refractivity contribution in [2.24, 2.45) is 5.92 Å². The number of fused-ring (bicyclic) bond motifs is 1. The first kappa shape index (κ1) is 19.1. The lowest BCUT2D eigenvalue weighted by Gasteiger charge is -2.21. The third kappa shape index (κ3) is 3.12. The van der Waals surface area contributed by atoms with Crippen molar-refractivity contribution < 1.29 is 14.3 Å². The Balaban J connectivity index is 2.26. The lowest BCUT2D eigenvalue weighted by atomic mass is 9.98. The SMILES string of the molecule is C=CCn1c(=O)n([C@@H]2O[C@H](CC)[C@@H](C)[C@H]2OC(C)=O)c2nc(N)nc(C)c21. The van der Waals surface area contributed by atoms with Crippen LogP contribution in [0.25, 0.3) is 11.2 Å². The molecule has 0 spiro atoms. The van der Waals surface area contributed by atoms with Crippen LogP contribution in [-0.2, 0) is 20.8 Å². The van der Waals surface area contributed by atoms with E-state index in [1.165, 1.54) is 16.1 Å². The minimum atomic E-state index is -0.788. The second-order valence-electron chi connectivity index (χ2n) is 6.80. The molecule has 0 amide bonds. The number of nitrogens with zero attached hydrogens (tertiary/aromatic N) is 4. The van der Waals surface area contributed by atoms with Gasteiger partial charge in [0.1, 0.15) is 5.52 Å². The molecule has 9 nitrogen and oxygen atoms in total. The number of anilines is 1. The van der Waals surface area contributed by atoms with Gasteiger partial charge in [0.25, 0.3) is 0 Å². The zero-order valence-electron chi connectivity index (χ0n) is 16.0. The van der Waals surface area contributed by atoms with Gasteiger partial charge in [-0.3, -0.25) is 9.36 Å². The highest BCUT2D eigenvalue weighted by Gasteiger charge is 2.46. The molecule has 27 heavy (non-hydrogen) atoms. The highest BCUT2D eigenvalue weighted by molar-refractivity contribution is 5.75. The summed E-state index contributed by atoms with van der Waals surface area (Å²) in [7, 11) is 0. The van der Waals surface area contributed by atoms with Crippen molar-refractivity contribution >= 4 is 23.1 Å². The molecule has 2 aromatic heterocycles. The van der Waals surface area contributed by atoms with Crippen LogP contribution in [0.15, 0.2) is 17.4 Å². The molecule has 1 aliphatic heterocycles. The molecule has 0 aromatic carbocycles.